The fourth-order valence-electron chi connectivity index (χ4n) is 2.64. The molecule has 0 unspecified atom stereocenters. The second-order valence-corrected chi connectivity index (χ2v) is 5.57. The summed E-state index contributed by atoms with van der Waals surface area (Å²) in [5, 5.41) is 9.63. The Labute approximate surface area is 135 Å². The Hall–Kier alpha value is -2.43. The molecule has 0 amide bonds. The van der Waals surface area contributed by atoms with Gasteiger partial charge in [0.1, 0.15) is 5.75 Å². The van der Waals surface area contributed by atoms with Crippen molar-refractivity contribution in [2.24, 2.45) is 0 Å². The number of ketones is 1. The highest BCUT2D eigenvalue weighted by Gasteiger charge is 2.38. The summed E-state index contributed by atoms with van der Waals surface area (Å²) < 4.78 is 10.6. The molecule has 0 aliphatic carbocycles. The fourth-order valence-corrected chi connectivity index (χ4v) is 2.64. The molecule has 0 spiro atoms. The molecule has 0 bridgehead atoms. The lowest BCUT2D eigenvalue weighted by Gasteiger charge is -2.32. The Morgan fingerprint density at radius 3 is 2.17 bits per heavy atom. The van der Waals surface area contributed by atoms with E-state index in [0.717, 1.165) is 16.9 Å². The maximum Gasteiger partial charge on any atom is 0.191 e. The predicted octanol–water partition coefficient (Wildman–Crippen LogP) is 3.05. The number of aliphatic hydroxyl groups is 1. The van der Waals surface area contributed by atoms with Crippen LogP contribution in [0.4, 0.5) is 0 Å². The Bertz CT molecular complexity index is 731. The number of carbonyl (C=O) groups is 1. The Kier molecular flexibility index (Phi) is 4.03. The Morgan fingerprint density at radius 1 is 1.04 bits per heavy atom. The summed E-state index contributed by atoms with van der Waals surface area (Å²) in [6.07, 6.45) is 1.64. The van der Waals surface area contributed by atoms with Gasteiger partial charge in [0.25, 0.3) is 0 Å². The third kappa shape index (κ3) is 2.91. The summed E-state index contributed by atoms with van der Waals surface area (Å²) in [5.41, 5.74) is 1.63. The van der Waals surface area contributed by atoms with Crippen molar-refractivity contribution in [3.8, 4) is 16.9 Å². The van der Waals surface area contributed by atoms with Gasteiger partial charge in [-0.3, -0.25) is 4.79 Å². The molecule has 0 saturated heterocycles. The number of hydrogen-bond donors (Lipinski definition) is 1. The average molecular weight is 310 g/mol. The zero-order chi connectivity index (χ0) is 16.4. The number of benzene rings is 2. The van der Waals surface area contributed by atoms with Crippen LogP contribution in [-0.4, -0.2) is 24.3 Å². The maximum atomic E-state index is 12.2. The predicted molar refractivity (Wildman–Crippen MR) is 87.0 cm³/mol. The molecule has 0 saturated carbocycles. The van der Waals surface area contributed by atoms with Gasteiger partial charge in [0, 0.05) is 0 Å². The molecule has 0 aromatic heterocycles. The quantitative estimate of drug-likeness (QED) is 0.946. The number of aliphatic hydroxyl groups excluding tert-OH is 1. The lowest BCUT2D eigenvalue weighted by Crippen LogP contribution is -2.40. The van der Waals surface area contributed by atoms with E-state index in [1.165, 1.54) is 12.2 Å². The summed E-state index contributed by atoms with van der Waals surface area (Å²) in [7, 11) is 1.63. The zero-order valence-corrected chi connectivity index (χ0v) is 13.0. The molecule has 2 atom stereocenters. The van der Waals surface area contributed by atoms with Crippen LogP contribution in [0, 0.1) is 0 Å². The molecule has 118 valence electrons. The molecule has 0 fully saturated rings. The minimum Gasteiger partial charge on any atom is -0.497 e. The van der Waals surface area contributed by atoms with Crippen LogP contribution in [-0.2, 0) is 15.1 Å². The zero-order valence-electron chi connectivity index (χ0n) is 13.0. The molecule has 1 N–H and O–H groups in total. The summed E-state index contributed by atoms with van der Waals surface area (Å²) >= 11 is 0. The lowest BCUT2D eigenvalue weighted by atomic mass is 9.88. The molecule has 4 heteroatoms. The smallest absolute Gasteiger partial charge is 0.191 e. The number of hydrogen-bond acceptors (Lipinski definition) is 4. The van der Waals surface area contributed by atoms with Gasteiger partial charge in [-0.2, -0.15) is 0 Å². The van der Waals surface area contributed by atoms with Gasteiger partial charge < -0.3 is 14.6 Å². The third-order valence-electron chi connectivity index (χ3n) is 4.10. The van der Waals surface area contributed by atoms with E-state index < -0.39 is 11.9 Å². The van der Waals surface area contributed by atoms with E-state index in [2.05, 4.69) is 0 Å². The number of methoxy groups -OCH3 is 1. The highest BCUT2D eigenvalue weighted by Crippen LogP contribution is 2.33. The molecule has 4 nitrogen and oxygen atoms in total. The van der Waals surface area contributed by atoms with Gasteiger partial charge in [-0.05, 0) is 47.9 Å². The lowest BCUT2D eigenvalue weighted by molar-refractivity contribution is -0.177. The van der Waals surface area contributed by atoms with E-state index in [0.29, 0.717) is 5.56 Å². The molecule has 0 radical (unpaired) electrons. The normalized spacial score (nSPS) is 23.8. The monoisotopic (exact) mass is 310 g/mol. The molecular weight excluding hydrogens is 292 g/mol. The van der Waals surface area contributed by atoms with Crippen LogP contribution in [0.3, 0.4) is 0 Å². The second-order valence-electron chi connectivity index (χ2n) is 5.57. The Morgan fingerprint density at radius 2 is 1.61 bits per heavy atom. The first kappa shape index (κ1) is 15.5. The first-order valence-corrected chi connectivity index (χ1v) is 7.36. The summed E-state index contributed by atoms with van der Waals surface area (Å²) in [4.78, 5) is 12.2. The molecule has 2 aromatic carbocycles. The van der Waals surface area contributed by atoms with Gasteiger partial charge in [0.2, 0.25) is 0 Å². The number of ether oxygens (including phenoxy) is 2. The fraction of sp³-hybridized carbons (Fsp3) is 0.211. The highest BCUT2D eigenvalue weighted by molar-refractivity contribution is 5.98. The summed E-state index contributed by atoms with van der Waals surface area (Å²) in [5.74, 6) is 0.625. The van der Waals surface area contributed by atoms with Gasteiger partial charge >= 0.3 is 0 Å². The molecule has 1 aliphatic rings. The molecule has 2 aromatic rings. The second kappa shape index (κ2) is 5.99. The van der Waals surface area contributed by atoms with E-state index >= 15 is 0 Å². The van der Waals surface area contributed by atoms with Crippen LogP contribution in [0.1, 0.15) is 12.5 Å². The highest BCUT2D eigenvalue weighted by atomic mass is 16.6. The van der Waals surface area contributed by atoms with E-state index in [1.807, 2.05) is 48.5 Å². The first-order chi connectivity index (χ1) is 11.0. The van der Waals surface area contributed by atoms with Crippen molar-refractivity contribution in [2.45, 2.75) is 18.8 Å². The van der Waals surface area contributed by atoms with Crippen molar-refractivity contribution >= 4 is 5.78 Å². The van der Waals surface area contributed by atoms with Crippen molar-refractivity contribution in [2.75, 3.05) is 7.11 Å². The molecular formula is C19H18O4. The SMILES string of the molecule is COc1ccc(-c2ccc([C@]3(C)O[C@H](O)C=CC3=O)cc2)cc1. The summed E-state index contributed by atoms with van der Waals surface area (Å²) in [6, 6.07) is 15.3. The van der Waals surface area contributed by atoms with E-state index in [4.69, 9.17) is 9.47 Å². The molecule has 3 rings (SSSR count). The van der Waals surface area contributed by atoms with Gasteiger partial charge in [-0.25, -0.2) is 0 Å². The van der Waals surface area contributed by atoms with Crippen LogP contribution in [0.5, 0.6) is 5.75 Å². The third-order valence-corrected chi connectivity index (χ3v) is 4.10. The van der Waals surface area contributed by atoms with Gasteiger partial charge in [-0.1, -0.05) is 36.4 Å². The van der Waals surface area contributed by atoms with Crippen LogP contribution in [0.2, 0.25) is 0 Å². The minimum atomic E-state index is -1.16. The van der Waals surface area contributed by atoms with E-state index in [-0.39, 0.29) is 5.78 Å². The van der Waals surface area contributed by atoms with Crippen molar-refractivity contribution < 1.29 is 19.4 Å². The van der Waals surface area contributed by atoms with Crippen LogP contribution in [0.25, 0.3) is 11.1 Å². The van der Waals surface area contributed by atoms with Crippen molar-refractivity contribution in [3.63, 3.8) is 0 Å². The molecule has 1 heterocycles. The van der Waals surface area contributed by atoms with Gasteiger partial charge in [0.05, 0.1) is 7.11 Å². The average Bonchev–Trinajstić information content (AvgIpc) is 2.59. The van der Waals surface area contributed by atoms with Crippen LogP contribution < -0.4 is 4.74 Å². The van der Waals surface area contributed by atoms with Crippen molar-refractivity contribution in [1.29, 1.82) is 0 Å². The van der Waals surface area contributed by atoms with Crippen molar-refractivity contribution in [1.82, 2.24) is 0 Å². The van der Waals surface area contributed by atoms with Crippen molar-refractivity contribution in [3.05, 3.63) is 66.2 Å². The maximum absolute atomic E-state index is 12.2. The van der Waals surface area contributed by atoms with E-state index in [9.17, 15) is 9.90 Å². The van der Waals surface area contributed by atoms with Crippen LogP contribution in [0.15, 0.2) is 60.7 Å². The largest absolute Gasteiger partial charge is 0.497 e. The first-order valence-electron chi connectivity index (χ1n) is 7.36. The standard InChI is InChI=1S/C19H18O4/c1-19(17(20)11-12-18(21)23-19)15-7-3-13(4-8-15)14-5-9-16(22-2)10-6-14/h3-12,18,21H,1-2H3/t18-,19-/m0/s1. The van der Waals surface area contributed by atoms with Gasteiger partial charge in [0.15, 0.2) is 17.7 Å². The minimum absolute atomic E-state index is 0.181. The van der Waals surface area contributed by atoms with Gasteiger partial charge in [-0.15, -0.1) is 0 Å². The topological polar surface area (TPSA) is 55.8 Å². The molecule has 23 heavy (non-hydrogen) atoms. The van der Waals surface area contributed by atoms with E-state index in [1.54, 1.807) is 14.0 Å². The van der Waals surface area contributed by atoms with Crippen LogP contribution >= 0.6 is 0 Å². The number of carbonyl (C=O) groups excluding carboxylic acids is 1. The Balaban J connectivity index is 1.89. The number of rotatable bonds is 3. The molecule has 1 aliphatic heterocycles. The summed E-state index contributed by atoms with van der Waals surface area (Å²) in [6.45, 7) is 1.67.